The van der Waals surface area contributed by atoms with Crippen LogP contribution in [-0.2, 0) is 0 Å². The first-order valence-electron chi connectivity index (χ1n) is 4.61. The van der Waals surface area contributed by atoms with E-state index in [1.54, 1.807) is 0 Å². The highest BCUT2D eigenvalue weighted by Crippen LogP contribution is 2.54. The summed E-state index contributed by atoms with van der Waals surface area (Å²) in [5, 5.41) is 0. The first-order chi connectivity index (χ1) is 4.86. The molecule has 1 heteroatoms. The smallest absolute Gasteiger partial charge is 0.00672 e. The second-order valence-electron chi connectivity index (χ2n) is 5.39. The highest BCUT2D eigenvalue weighted by atomic mass is 14.7. The van der Waals surface area contributed by atoms with Gasteiger partial charge in [0, 0.05) is 6.04 Å². The summed E-state index contributed by atoms with van der Waals surface area (Å²) in [4.78, 5) is 0. The average molecular weight is 155 g/mol. The van der Waals surface area contributed by atoms with Crippen molar-refractivity contribution >= 4 is 0 Å². The Morgan fingerprint density at radius 1 is 1.36 bits per heavy atom. The predicted octanol–water partition coefficient (Wildman–Crippen LogP) is 2.55. The van der Waals surface area contributed by atoms with Crippen LogP contribution in [0.15, 0.2) is 0 Å². The van der Waals surface area contributed by atoms with Crippen molar-refractivity contribution in [1.82, 2.24) is 0 Å². The monoisotopic (exact) mass is 155 g/mol. The molecule has 0 amide bonds. The first kappa shape index (κ1) is 9.05. The van der Waals surface area contributed by atoms with Gasteiger partial charge in [0.05, 0.1) is 0 Å². The van der Waals surface area contributed by atoms with Gasteiger partial charge >= 0.3 is 0 Å². The van der Waals surface area contributed by atoms with Crippen LogP contribution in [0.2, 0.25) is 0 Å². The fraction of sp³-hybridized carbons (Fsp3) is 1.00. The Morgan fingerprint density at radius 2 is 1.82 bits per heavy atom. The van der Waals surface area contributed by atoms with Crippen molar-refractivity contribution in [3.05, 3.63) is 0 Å². The van der Waals surface area contributed by atoms with Gasteiger partial charge in [-0.25, -0.2) is 0 Å². The Hall–Kier alpha value is -0.0400. The van der Waals surface area contributed by atoms with Gasteiger partial charge in [-0.1, -0.05) is 20.8 Å². The maximum absolute atomic E-state index is 5.94. The van der Waals surface area contributed by atoms with Gasteiger partial charge in [-0.05, 0) is 37.0 Å². The standard InChI is InChI=1S/C10H21N/c1-8(11)10(5-6-10)7-9(2,3)4/h8H,5-7,11H2,1-4H3. The Kier molecular flexibility index (Phi) is 2.04. The molecule has 0 aliphatic heterocycles. The second kappa shape index (κ2) is 2.48. The van der Waals surface area contributed by atoms with Crippen LogP contribution >= 0.6 is 0 Å². The van der Waals surface area contributed by atoms with E-state index in [0.29, 0.717) is 16.9 Å². The largest absolute Gasteiger partial charge is 0.327 e. The lowest BCUT2D eigenvalue weighted by molar-refractivity contribution is 0.250. The maximum Gasteiger partial charge on any atom is 0.00672 e. The summed E-state index contributed by atoms with van der Waals surface area (Å²) in [6, 6.07) is 0.390. The Bertz CT molecular complexity index is 137. The Morgan fingerprint density at radius 3 is 1.91 bits per heavy atom. The third-order valence-electron chi connectivity index (χ3n) is 2.74. The molecule has 0 aromatic rings. The number of hydrogen-bond acceptors (Lipinski definition) is 1. The molecule has 1 saturated carbocycles. The van der Waals surface area contributed by atoms with Crippen molar-refractivity contribution in [1.29, 1.82) is 0 Å². The molecular formula is C10H21N. The van der Waals surface area contributed by atoms with Crippen molar-refractivity contribution < 1.29 is 0 Å². The van der Waals surface area contributed by atoms with E-state index in [9.17, 15) is 0 Å². The molecule has 1 unspecified atom stereocenters. The van der Waals surface area contributed by atoms with E-state index in [4.69, 9.17) is 5.73 Å². The number of nitrogens with two attached hydrogens (primary N) is 1. The van der Waals surface area contributed by atoms with Gasteiger partial charge in [-0.2, -0.15) is 0 Å². The summed E-state index contributed by atoms with van der Waals surface area (Å²) in [5.41, 5.74) is 6.90. The molecule has 0 aromatic heterocycles. The molecule has 0 spiro atoms. The molecule has 1 aliphatic rings. The van der Waals surface area contributed by atoms with Crippen LogP contribution in [0.5, 0.6) is 0 Å². The zero-order valence-corrected chi connectivity index (χ0v) is 8.28. The second-order valence-corrected chi connectivity index (χ2v) is 5.39. The van der Waals surface area contributed by atoms with Crippen molar-refractivity contribution in [2.24, 2.45) is 16.6 Å². The van der Waals surface area contributed by atoms with Crippen molar-refractivity contribution in [2.75, 3.05) is 0 Å². The quantitative estimate of drug-likeness (QED) is 0.651. The minimum absolute atomic E-state index is 0.390. The highest BCUT2D eigenvalue weighted by molar-refractivity contribution is 5.01. The van der Waals surface area contributed by atoms with E-state index in [1.165, 1.54) is 19.3 Å². The normalized spacial score (nSPS) is 24.8. The molecule has 1 fully saturated rings. The lowest BCUT2D eigenvalue weighted by atomic mass is 9.79. The summed E-state index contributed by atoms with van der Waals surface area (Å²) in [5.74, 6) is 0. The van der Waals surface area contributed by atoms with Crippen LogP contribution in [0.4, 0.5) is 0 Å². The molecule has 11 heavy (non-hydrogen) atoms. The van der Waals surface area contributed by atoms with Gasteiger partial charge < -0.3 is 5.73 Å². The number of rotatable bonds is 2. The molecule has 66 valence electrons. The van der Waals surface area contributed by atoms with Crippen molar-refractivity contribution in [2.45, 2.75) is 53.0 Å². The van der Waals surface area contributed by atoms with Gasteiger partial charge in [0.25, 0.3) is 0 Å². The molecule has 0 bridgehead atoms. The molecule has 1 nitrogen and oxygen atoms in total. The molecular weight excluding hydrogens is 134 g/mol. The summed E-state index contributed by atoms with van der Waals surface area (Å²) in [6.45, 7) is 9.05. The van der Waals surface area contributed by atoms with E-state index >= 15 is 0 Å². The van der Waals surface area contributed by atoms with E-state index in [-0.39, 0.29) is 0 Å². The van der Waals surface area contributed by atoms with Crippen LogP contribution in [0.3, 0.4) is 0 Å². The van der Waals surface area contributed by atoms with Gasteiger partial charge in [0.2, 0.25) is 0 Å². The predicted molar refractivity (Wildman–Crippen MR) is 49.4 cm³/mol. The Labute approximate surface area is 70.4 Å². The van der Waals surface area contributed by atoms with Gasteiger partial charge in [-0.3, -0.25) is 0 Å². The van der Waals surface area contributed by atoms with Crippen LogP contribution < -0.4 is 5.73 Å². The van der Waals surface area contributed by atoms with Crippen LogP contribution in [0.25, 0.3) is 0 Å². The summed E-state index contributed by atoms with van der Waals surface area (Å²) >= 11 is 0. The molecule has 0 saturated heterocycles. The van der Waals surface area contributed by atoms with Crippen molar-refractivity contribution in [3.63, 3.8) is 0 Å². The number of hydrogen-bond donors (Lipinski definition) is 1. The van der Waals surface area contributed by atoms with Gasteiger partial charge in [0.1, 0.15) is 0 Å². The summed E-state index contributed by atoms with van der Waals surface area (Å²) in [7, 11) is 0. The SMILES string of the molecule is CC(N)C1(CC(C)(C)C)CC1. The minimum atomic E-state index is 0.390. The van der Waals surface area contributed by atoms with E-state index < -0.39 is 0 Å². The van der Waals surface area contributed by atoms with Gasteiger partial charge in [0.15, 0.2) is 0 Å². The molecule has 1 aliphatic carbocycles. The third kappa shape index (κ3) is 2.19. The fourth-order valence-corrected chi connectivity index (χ4v) is 2.01. The molecule has 0 heterocycles. The average Bonchev–Trinajstić information content (AvgIpc) is 2.43. The van der Waals surface area contributed by atoms with Crippen molar-refractivity contribution in [3.8, 4) is 0 Å². The lowest BCUT2D eigenvalue weighted by Crippen LogP contribution is -2.31. The highest BCUT2D eigenvalue weighted by Gasteiger charge is 2.47. The Balaban J connectivity index is 2.48. The molecule has 1 atom stereocenters. The maximum atomic E-state index is 5.94. The minimum Gasteiger partial charge on any atom is -0.327 e. The van der Waals surface area contributed by atoms with Gasteiger partial charge in [-0.15, -0.1) is 0 Å². The van der Waals surface area contributed by atoms with Crippen LogP contribution in [0.1, 0.15) is 47.0 Å². The van der Waals surface area contributed by atoms with Crippen LogP contribution in [0, 0.1) is 10.8 Å². The van der Waals surface area contributed by atoms with E-state index in [1.807, 2.05) is 0 Å². The molecule has 0 aromatic carbocycles. The zero-order valence-electron chi connectivity index (χ0n) is 8.28. The first-order valence-corrected chi connectivity index (χ1v) is 4.61. The molecule has 0 radical (unpaired) electrons. The van der Waals surface area contributed by atoms with E-state index in [2.05, 4.69) is 27.7 Å². The lowest BCUT2D eigenvalue weighted by Gasteiger charge is -2.28. The summed E-state index contributed by atoms with van der Waals surface area (Å²) < 4.78 is 0. The molecule has 2 N–H and O–H groups in total. The molecule has 1 rings (SSSR count). The zero-order chi connectivity index (χ0) is 8.70. The van der Waals surface area contributed by atoms with E-state index in [0.717, 1.165) is 0 Å². The van der Waals surface area contributed by atoms with Crippen LogP contribution in [-0.4, -0.2) is 6.04 Å². The summed E-state index contributed by atoms with van der Waals surface area (Å²) in [6.07, 6.45) is 3.99. The fourth-order valence-electron chi connectivity index (χ4n) is 2.01. The third-order valence-corrected chi connectivity index (χ3v) is 2.74. The topological polar surface area (TPSA) is 26.0 Å².